The second kappa shape index (κ2) is 7.93. The highest BCUT2D eigenvalue weighted by Crippen LogP contribution is 2.49. The van der Waals surface area contributed by atoms with Crippen molar-refractivity contribution in [1.29, 1.82) is 0 Å². The first-order valence-electron chi connectivity index (χ1n) is 10.9. The van der Waals surface area contributed by atoms with E-state index in [2.05, 4.69) is 4.90 Å². The van der Waals surface area contributed by atoms with E-state index in [1.165, 1.54) is 13.2 Å². The lowest BCUT2D eigenvalue weighted by atomic mass is 9.81. The highest BCUT2D eigenvalue weighted by Gasteiger charge is 2.40. The summed E-state index contributed by atoms with van der Waals surface area (Å²) in [6.07, 6.45) is 7.75. The lowest BCUT2D eigenvalue weighted by Crippen LogP contribution is -2.49. The lowest BCUT2D eigenvalue weighted by molar-refractivity contribution is -0.148. The Labute approximate surface area is 181 Å². The Morgan fingerprint density at radius 2 is 1.97 bits per heavy atom. The molecule has 2 fully saturated rings. The average Bonchev–Trinajstić information content (AvgIpc) is 2.77. The summed E-state index contributed by atoms with van der Waals surface area (Å²) in [5, 5.41) is 21.9. The van der Waals surface area contributed by atoms with Gasteiger partial charge in [-0.15, -0.1) is 0 Å². The van der Waals surface area contributed by atoms with Gasteiger partial charge in [-0.25, -0.2) is 4.79 Å². The molecule has 3 aliphatic heterocycles. The number of phenols is 2. The van der Waals surface area contributed by atoms with Crippen molar-refractivity contribution in [2.75, 3.05) is 13.7 Å². The molecule has 6 nitrogen and oxygen atoms in total. The van der Waals surface area contributed by atoms with E-state index in [0.29, 0.717) is 29.3 Å². The van der Waals surface area contributed by atoms with Crippen molar-refractivity contribution in [3.8, 4) is 28.4 Å². The number of aromatic hydroxyl groups is 2. The van der Waals surface area contributed by atoms with Crippen LogP contribution in [0.2, 0.25) is 0 Å². The minimum atomic E-state index is -0.346. The maximum Gasteiger partial charge on any atom is 0.331 e. The Hall–Kier alpha value is -2.99. The fourth-order valence-corrected chi connectivity index (χ4v) is 5.41. The summed E-state index contributed by atoms with van der Waals surface area (Å²) in [7, 11) is 1.52. The van der Waals surface area contributed by atoms with Crippen LogP contribution >= 0.6 is 0 Å². The maximum atomic E-state index is 12.5. The standard InChI is InChI=1S/C25H27NO5/c1-30-22-9-7-18-20-14-17(13-16-4-2-3-11-26(16)20)31-23(28)10-6-15-5-8-21(27)19(12-15)24(18)25(22)29/h5-10,12,16-17,20,27,29H,2-4,11,13-14H2,1H3/b10-6-/t16-,17+,20+/m1/s1. The van der Waals surface area contributed by atoms with E-state index >= 15 is 0 Å². The highest BCUT2D eigenvalue weighted by atomic mass is 16.5. The summed E-state index contributed by atoms with van der Waals surface area (Å²) in [6.45, 7) is 0.966. The van der Waals surface area contributed by atoms with Gasteiger partial charge in [0.25, 0.3) is 0 Å². The smallest absolute Gasteiger partial charge is 0.331 e. The summed E-state index contributed by atoms with van der Waals surface area (Å²) in [5.74, 6) is 0.103. The fraction of sp³-hybridized carbons (Fsp3) is 0.400. The van der Waals surface area contributed by atoms with Gasteiger partial charge in [0.2, 0.25) is 0 Å². The van der Waals surface area contributed by atoms with Gasteiger partial charge in [-0.1, -0.05) is 18.6 Å². The quantitative estimate of drug-likeness (QED) is 0.665. The number of benzene rings is 2. The number of hydrogen-bond acceptors (Lipinski definition) is 6. The first kappa shape index (κ1) is 19.9. The van der Waals surface area contributed by atoms with Crippen molar-refractivity contribution < 1.29 is 24.5 Å². The van der Waals surface area contributed by atoms with E-state index < -0.39 is 0 Å². The van der Waals surface area contributed by atoms with Gasteiger partial charge in [-0.3, -0.25) is 4.90 Å². The number of methoxy groups -OCH3 is 1. The number of esters is 1. The molecule has 0 unspecified atom stereocenters. The van der Waals surface area contributed by atoms with Crippen molar-refractivity contribution >= 4 is 12.0 Å². The number of carbonyl (C=O) groups excluding carboxylic acids is 1. The molecule has 2 N–H and O–H groups in total. The Bertz CT molecular complexity index is 1050. The number of piperidine rings is 2. The van der Waals surface area contributed by atoms with Crippen molar-refractivity contribution in [2.24, 2.45) is 0 Å². The van der Waals surface area contributed by atoms with Crippen LogP contribution in [-0.4, -0.2) is 46.9 Å². The minimum Gasteiger partial charge on any atom is -0.507 e. The highest BCUT2D eigenvalue weighted by molar-refractivity contribution is 5.88. The third-order valence-electron chi connectivity index (χ3n) is 6.83. The van der Waals surface area contributed by atoms with Crippen LogP contribution in [0, 0.1) is 0 Å². The molecule has 0 amide bonds. The van der Waals surface area contributed by atoms with Crippen LogP contribution in [0.15, 0.2) is 36.4 Å². The Balaban J connectivity index is 1.76. The Morgan fingerprint density at radius 1 is 1.10 bits per heavy atom. The van der Waals surface area contributed by atoms with E-state index in [1.807, 2.05) is 6.07 Å². The van der Waals surface area contributed by atoms with Gasteiger partial charge in [0.1, 0.15) is 11.9 Å². The van der Waals surface area contributed by atoms with Crippen molar-refractivity contribution in [3.05, 3.63) is 47.5 Å². The molecule has 3 atom stereocenters. The maximum absolute atomic E-state index is 12.5. The first-order valence-corrected chi connectivity index (χ1v) is 10.9. The molecule has 2 saturated heterocycles. The zero-order valence-corrected chi connectivity index (χ0v) is 17.6. The summed E-state index contributed by atoms with van der Waals surface area (Å²) < 4.78 is 11.2. The van der Waals surface area contributed by atoms with Crippen LogP contribution in [0.3, 0.4) is 0 Å². The Morgan fingerprint density at radius 3 is 2.81 bits per heavy atom. The SMILES string of the molecule is COc1ccc2c(c1O)-c1cc(ccc1O)/C=C\C(=O)O[C@H]1C[C@H]3CCCCN3[C@H]2C1. The van der Waals surface area contributed by atoms with E-state index in [0.717, 1.165) is 43.4 Å². The monoisotopic (exact) mass is 421 g/mol. The van der Waals surface area contributed by atoms with Gasteiger partial charge in [0, 0.05) is 42.1 Å². The molecule has 4 bridgehead atoms. The van der Waals surface area contributed by atoms with Gasteiger partial charge in [0.05, 0.1) is 7.11 Å². The molecule has 162 valence electrons. The summed E-state index contributed by atoms with van der Waals surface area (Å²) in [5.41, 5.74) is 2.76. The van der Waals surface area contributed by atoms with Crippen LogP contribution < -0.4 is 4.74 Å². The molecule has 0 aromatic heterocycles. The predicted molar refractivity (Wildman–Crippen MR) is 117 cm³/mol. The topological polar surface area (TPSA) is 79.2 Å². The number of nitrogens with zero attached hydrogens (tertiary/aromatic N) is 1. The fourth-order valence-electron chi connectivity index (χ4n) is 5.41. The minimum absolute atomic E-state index is 0.0150. The molecule has 0 spiro atoms. The van der Waals surface area contributed by atoms with Crippen molar-refractivity contribution in [3.63, 3.8) is 0 Å². The molecular formula is C25H27NO5. The number of carbonyl (C=O) groups is 1. The zero-order chi connectivity index (χ0) is 21.5. The molecule has 0 saturated carbocycles. The molecule has 3 heterocycles. The molecule has 0 radical (unpaired) electrons. The molecule has 3 aliphatic rings. The third kappa shape index (κ3) is 3.55. The van der Waals surface area contributed by atoms with Gasteiger partial charge in [-0.05, 0) is 54.8 Å². The van der Waals surface area contributed by atoms with E-state index in [-0.39, 0.29) is 29.6 Å². The van der Waals surface area contributed by atoms with Crippen LogP contribution in [0.25, 0.3) is 17.2 Å². The normalized spacial score (nSPS) is 26.5. The van der Waals surface area contributed by atoms with Crippen LogP contribution in [0.5, 0.6) is 17.2 Å². The number of hydrogen-bond donors (Lipinski definition) is 2. The van der Waals surface area contributed by atoms with Crippen molar-refractivity contribution in [2.45, 2.75) is 50.3 Å². The lowest BCUT2D eigenvalue weighted by Gasteiger charge is -2.48. The molecular weight excluding hydrogens is 394 g/mol. The van der Waals surface area contributed by atoms with Crippen LogP contribution in [0.1, 0.15) is 49.3 Å². The zero-order valence-electron chi connectivity index (χ0n) is 17.6. The molecule has 5 rings (SSSR count). The third-order valence-corrected chi connectivity index (χ3v) is 6.83. The summed E-state index contributed by atoms with van der Waals surface area (Å²) in [6, 6.07) is 9.14. The number of rotatable bonds is 1. The van der Waals surface area contributed by atoms with Crippen LogP contribution in [-0.2, 0) is 9.53 Å². The average molecular weight is 421 g/mol. The van der Waals surface area contributed by atoms with E-state index in [1.54, 1.807) is 30.3 Å². The van der Waals surface area contributed by atoms with Gasteiger partial charge in [-0.2, -0.15) is 0 Å². The number of phenolic OH excluding ortho intramolecular Hbond substituents is 2. The second-order valence-corrected chi connectivity index (χ2v) is 8.62. The summed E-state index contributed by atoms with van der Waals surface area (Å²) in [4.78, 5) is 15.0. The molecule has 2 aromatic rings. The first-order chi connectivity index (χ1) is 15.0. The van der Waals surface area contributed by atoms with E-state index in [9.17, 15) is 15.0 Å². The number of ether oxygens (including phenoxy) is 2. The Kier molecular flexibility index (Phi) is 5.10. The second-order valence-electron chi connectivity index (χ2n) is 8.62. The summed E-state index contributed by atoms with van der Waals surface area (Å²) >= 11 is 0. The van der Waals surface area contributed by atoms with Gasteiger partial charge in [0.15, 0.2) is 11.5 Å². The molecule has 2 aromatic carbocycles. The molecule has 6 heteroatoms. The molecule has 31 heavy (non-hydrogen) atoms. The van der Waals surface area contributed by atoms with Gasteiger partial charge >= 0.3 is 5.97 Å². The van der Waals surface area contributed by atoms with E-state index in [4.69, 9.17) is 9.47 Å². The van der Waals surface area contributed by atoms with Crippen LogP contribution in [0.4, 0.5) is 0 Å². The van der Waals surface area contributed by atoms with Gasteiger partial charge < -0.3 is 19.7 Å². The molecule has 0 aliphatic carbocycles. The number of fused-ring (bicyclic) bond motifs is 9. The van der Waals surface area contributed by atoms with Crippen molar-refractivity contribution in [1.82, 2.24) is 4.90 Å². The predicted octanol–water partition coefficient (Wildman–Crippen LogP) is 4.40. The largest absolute Gasteiger partial charge is 0.507 e.